The molecule has 0 bridgehead atoms. The Morgan fingerprint density at radius 2 is 1.81 bits per heavy atom. The molecule has 13 heteroatoms. The molecule has 0 radical (unpaired) electrons. The van der Waals surface area contributed by atoms with Crippen LogP contribution in [0, 0.1) is 17.8 Å². The van der Waals surface area contributed by atoms with Crippen LogP contribution >= 0.6 is 0 Å². The molecule has 232 valence electrons. The smallest absolute Gasteiger partial charge is 0.255 e. The Morgan fingerprint density at radius 1 is 1.16 bits per heavy atom. The van der Waals surface area contributed by atoms with Gasteiger partial charge in [-0.3, -0.25) is 29.0 Å². The number of amides is 2. The number of benzene rings is 1. The van der Waals surface area contributed by atoms with E-state index >= 15 is 0 Å². The van der Waals surface area contributed by atoms with Gasteiger partial charge in [0.2, 0.25) is 11.7 Å². The van der Waals surface area contributed by atoms with Crippen LogP contribution in [0.15, 0.2) is 29.0 Å². The summed E-state index contributed by atoms with van der Waals surface area (Å²) in [7, 11) is 3.09. The predicted molar refractivity (Wildman–Crippen MR) is 156 cm³/mol. The van der Waals surface area contributed by atoms with Crippen LogP contribution in [0.1, 0.15) is 37.3 Å². The second kappa shape index (κ2) is 11.1. The Labute approximate surface area is 248 Å². The molecule has 5 atom stereocenters. The minimum absolute atomic E-state index is 0.00335. The Kier molecular flexibility index (Phi) is 7.88. The first kappa shape index (κ1) is 30.7. The van der Waals surface area contributed by atoms with Crippen LogP contribution in [-0.2, 0) is 25.6 Å². The number of aliphatic hydroxyl groups excluding tert-OH is 2. The molecule has 0 spiro atoms. The topological polar surface area (TPSA) is 220 Å². The van der Waals surface area contributed by atoms with Gasteiger partial charge in [0.1, 0.15) is 22.8 Å². The molecule has 13 nitrogen and oxygen atoms in total. The summed E-state index contributed by atoms with van der Waals surface area (Å²) in [6.07, 6.45) is 1.95. The van der Waals surface area contributed by atoms with Gasteiger partial charge in [-0.1, -0.05) is 6.07 Å². The average Bonchev–Trinajstić information content (AvgIpc) is 2.95. The van der Waals surface area contributed by atoms with Crippen molar-refractivity contribution in [2.75, 3.05) is 39.0 Å². The number of carbonyl (C=O) groups is 4. The SMILES string of the molecule is CC(C(=O)Nc1ccc2c(c1O)C(O)=C1C(=O)[C@]3(O)C(O)=C(C(N)=O)C(=O)[C@@H](N(C)C)C3CC1C2)N1CCC(CN)CC1. The number of nitrogens with one attached hydrogen (secondary N) is 1. The maximum Gasteiger partial charge on any atom is 0.255 e. The number of Topliss-reactive ketones (excluding diaryl/α,β-unsaturated/α-hetero) is 2. The number of anilines is 1. The number of rotatable bonds is 6. The molecular weight excluding hydrogens is 558 g/mol. The van der Waals surface area contributed by atoms with Crippen LogP contribution in [0.25, 0.3) is 5.76 Å². The molecular formula is C30H39N5O8. The number of likely N-dealkylation sites (N-methyl/N-ethyl adjacent to an activating group) is 1. The third-order valence-electron chi connectivity index (χ3n) is 9.76. The van der Waals surface area contributed by atoms with Crippen molar-refractivity contribution in [3.8, 4) is 5.75 Å². The highest BCUT2D eigenvalue weighted by Crippen LogP contribution is 2.53. The zero-order valence-electron chi connectivity index (χ0n) is 24.5. The monoisotopic (exact) mass is 597 g/mol. The number of likely N-dealkylation sites (tertiary alicyclic amines) is 1. The fraction of sp³-hybridized carbons (Fsp3) is 0.533. The van der Waals surface area contributed by atoms with Crippen molar-refractivity contribution in [1.82, 2.24) is 9.80 Å². The van der Waals surface area contributed by atoms with Crippen molar-refractivity contribution in [1.29, 1.82) is 0 Å². The first-order valence-electron chi connectivity index (χ1n) is 14.5. The van der Waals surface area contributed by atoms with Crippen LogP contribution in [-0.4, -0.2) is 105 Å². The molecule has 43 heavy (non-hydrogen) atoms. The summed E-state index contributed by atoms with van der Waals surface area (Å²) in [6.45, 7) is 3.80. The Hall–Kier alpha value is -3.78. The first-order valence-corrected chi connectivity index (χ1v) is 14.5. The van der Waals surface area contributed by atoms with Gasteiger partial charge in [0, 0.05) is 11.5 Å². The molecule has 2 fully saturated rings. The Morgan fingerprint density at radius 3 is 2.40 bits per heavy atom. The van der Waals surface area contributed by atoms with Gasteiger partial charge in [-0.25, -0.2) is 0 Å². The van der Waals surface area contributed by atoms with Gasteiger partial charge < -0.3 is 37.2 Å². The third kappa shape index (κ3) is 4.71. The second-order valence-electron chi connectivity index (χ2n) is 12.3. The number of aromatic hydroxyl groups is 1. The molecule has 2 amide bonds. The standard InChI is InChI=1S/C30H39N5O8/c1-13(35-8-6-14(12-31)7-9-35)29(42)33-18-5-4-15-10-16-11-17-22(34(2)3)25(38)21(28(32)41)27(40)30(17,43)26(39)20(16)24(37)19(15)23(18)36/h4-5,13-14,16-17,22,36-37,40,43H,6-12,31H2,1-3H3,(H2,32,41)(H,33,42)/t13?,16?,17?,22-,30-/m0/s1. The first-order chi connectivity index (χ1) is 20.2. The largest absolute Gasteiger partial charge is 0.508 e. The normalized spacial score (nSPS) is 28.8. The number of ketones is 2. The van der Waals surface area contributed by atoms with Crippen LogP contribution < -0.4 is 16.8 Å². The molecule has 0 aromatic heterocycles. The van der Waals surface area contributed by atoms with E-state index in [-0.39, 0.29) is 35.6 Å². The van der Waals surface area contributed by atoms with Gasteiger partial charge in [-0.15, -0.1) is 0 Å². The number of phenols is 1. The van der Waals surface area contributed by atoms with Gasteiger partial charge in [0.25, 0.3) is 5.91 Å². The average molecular weight is 598 g/mol. The number of aliphatic hydroxyl groups is 3. The van der Waals surface area contributed by atoms with Crippen molar-refractivity contribution in [2.45, 2.75) is 50.3 Å². The minimum Gasteiger partial charge on any atom is -0.508 e. The second-order valence-corrected chi connectivity index (χ2v) is 12.3. The molecule has 1 aromatic carbocycles. The summed E-state index contributed by atoms with van der Waals surface area (Å²) < 4.78 is 0. The zero-order valence-corrected chi connectivity index (χ0v) is 24.5. The summed E-state index contributed by atoms with van der Waals surface area (Å²) in [6, 6.07) is 1.52. The van der Waals surface area contributed by atoms with E-state index in [4.69, 9.17) is 11.5 Å². The van der Waals surface area contributed by atoms with E-state index in [9.17, 15) is 39.6 Å². The van der Waals surface area contributed by atoms with E-state index in [1.807, 2.05) is 4.90 Å². The number of hydrogen-bond donors (Lipinski definition) is 7. The van der Waals surface area contributed by atoms with Gasteiger partial charge >= 0.3 is 0 Å². The fourth-order valence-electron chi connectivity index (χ4n) is 7.30. The lowest BCUT2D eigenvalue weighted by Crippen LogP contribution is -2.65. The lowest BCUT2D eigenvalue weighted by Gasteiger charge is -2.50. The lowest BCUT2D eigenvalue weighted by atomic mass is 9.57. The third-order valence-corrected chi connectivity index (χ3v) is 9.76. The number of phenolic OH excluding ortho intramolecular Hbond substituents is 1. The molecule has 3 aliphatic carbocycles. The quantitative estimate of drug-likeness (QED) is 0.170. The molecule has 3 unspecified atom stereocenters. The van der Waals surface area contributed by atoms with Crippen molar-refractivity contribution in [3.05, 3.63) is 40.2 Å². The number of piperidine rings is 1. The highest BCUT2D eigenvalue weighted by Gasteiger charge is 2.64. The van der Waals surface area contributed by atoms with Gasteiger partial charge in [0.05, 0.1) is 23.3 Å². The van der Waals surface area contributed by atoms with E-state index in [1.54, 1.807) is 27.1 Å². The molecule has 9 N–H and O–H groups in total. The molecule has 1 aromatic rings. The van der Waals surface area contributed by atoms with E-state index < -0.39 is 69.8 Å². The van der Waals surface area contributed by atoms with Crippen LogP contribution in [0.2, 0.25) is 0 Å². The van der Waals surface area contributed by atoms with Crippen molar-refractivity contribution < 1.29 is 39.6 Å². The maximum absolute atomic E-state index is 14.0. The van der Waals surface area contributed by atoms with E-state index in [0.717, 1.165) is 12.8 Å². The van der Waals surface area contributed by atoms with Crippen LogP contribution in [0.3, 0.4) is 0 Å². The minimum atomic E-state index is -2.71. The van der Waals surface area contributed by atoms with Gasteiger partial charge in [0.15, 0.2) is 11.4 Å². The van der Waals surface area contributed by atoms with Crippen molar-refractivity contribution in [3.63, 3.8) is 0 Å². The van der Waals surface area contributed by atoms with Crippen LogP contribution in [0.5, 0.6) is 5.75 Å². The van der Waals surface area contributed by atoms with E-state index in [0.29, 0.717) is 31.1 Å². The number of nitrogens with zero attached hydrogens (tertiary/aromatic N) is 2. The maximum atomic E-state index is 14.0. The highest BCUT2D eigenvalue weighted by molar-refractivity contribution is 6.24. The molecule has 1 heterocycles. The number of nitrogens with two attached hydrogens (primary N) is 2. The summed E-state index contributed by atoms with van der Waals surface area (Å²) in [5, 5.41) is 48.0. The van der Waals surface area contributed by atoms with E-state index in [1.165, 1.54) is 11.0 Å². The summed E-state index contributed by atoms with van der Waals surface area (Å²) in [5.74, 6) is -7.13. The zero-order chi connectivity index (χ0) is 31.5. The molecule has 1 saturated heterocycles. The van der Waals surface area contributed by atoms with Crippen molar-refractivity contribution >= 4 is 34.8 Å². The number of carbonyl (C=O) groups excluding carboxylic acids is 4. The predicted octanol–water partition coefficient (Wildman–Crippen LogP) is -0.0383. The fourth-order valence-corrected chi connectivity index (χ4v) is 7.30. The highest BCUT2D eigenvalue weighted by atomic mass is 16.3. The molecule has 1 aliphatic heterocycles. The lowest BCUT2D eigenvalue weighted by molar-refractivity contribution is -0.153. The number of primary amides is 1. The summed E-state index contributed by atoms with van der Waals surface area (Å²) in [4.78, 5) is 55.9. The van der Waals surface area contributed by atoms with Gasteiger partial charge in [-0.2, -0.15) is 0 Å². The Bertz CT molecular complexity index is 1460. The number of hydrogen-bond acceptors (Lipinski definition) is 11. The molecule has 4 aliphatic rings. The number of fused-ring (bicyclic) bond motifs is 3. The summed E-state index contributed by atoms with van der Waals surface area (Å²) >= 11 is 0. The molecule has 5 rings (SSSR count). The Balaban J connectivity index is 1.50. The van der Waals surface area contributed by atoms with E-state index in [2.05, 4.69) is 5.32 Å². The van der Waals surface area contributed by atoms with Crippen LogP contribution in [0.4, 0.5) is 5.69 Å². The van der Waals surface area contributed by atoms with Crippen molar-refractivity contribution in [2.24, 2.45) is 29.2 Å². The van der Waals surface area contributed by atoms with Gasteiger partial charge in [-0.05, 0) is 89.8 Å². The summed E-state index contributed by atoms with van der Waals surface area (Å²) in [5.41, 5.74) is 7.77. The molecule has 1 saturated carbocycles.